The van der Waals surface area contributed by atoms with Gasteiger partial charge in [-0.05, 0) is 56.5 Å². The van der Waals surface area contributed by atoms with Gasteiger partial charge < -0.3 is 20.8 Å². The van der Waals surface area contributed by atoms with Crippen molar-refractivity contribution in [2.24, 2.45) is 5.92 Å². The van der Waals surface area contributed by atoms with Crippen molar-refractivity contribution < 1.29 is 9.21 Å². The van der Waals surface area contributed by atoms with Crippen LogP contribution in [0.25, 0.3) is 28.3 Å². The fourth-order valence-electron chi connectivity index (χ4n) is 4.87. The number of furan rings is 1. The lowest BCUT2D eigenvalue weighted by Crippen LogP contribution is -2.50. The Bertz CT molecular complexity index is 1520. The number of hydrogen-bond donors (Lipinski definition) is 3. The maximum absolute atomic E-state index is 13.9. The van der Waals surface area contributed by atoms with Gasteiger partial charge in [0.25, 0.3) is 5.91 Å². The Kier molecular flexibility index (Phi) is 5.41. The molecule has 1 amide bonds. The predicted molar refractivity (Wildman–Crippen MR) is 134 cm³/mol. The van der Waals surface area contributed by atoms with Gasteiger partial charge in [0, 0.05) is 6.54 Å². The summed E-state index contributed by atoms with van der Waals surface area (Å²) in [4.78, 5) is 23.1. The maximum atomic E-state index is 13.9. The molecule has 4 aromatic heterocycles. The number of nitrogens with two attached hydrogens (primary N) is 1. The summed E-state index contributed by atoms with van der Waals surface area (Å²) in [6, 6.07) is 13.1. The highest BCUT2D eigenvalue weighted by molar-refractivity contribution is 5.94. The van der Waals surface area contributed by atoms with Crippen LogP contribution < -0.4 is 16.4 Å². The van der Waals surface area contributed by atoms with Crippen molar-refractivity contribution in [3.63, 3.8) is 0 Å². The largest absolute Gasteiger partial charge is 0.461 e. The molecule has 1 saturated heterocycles. The summed E-state index contributed by atoms with van der Waals surface area (Å²) in [6.07, 6.45) is 5.40. The molecule has 1 unspecified atom stereocenters. The summed E-state index contributed by atoms with van der Waals surface area (Å²) in [5.74, 6) is 1.26. The van der Waals surface area contributed by atoms with Crippen LogP contribution in [0.1, 0.15) is 25.3 Å². The lowest BCUT2D eigenvalue weighted by molar-refractivity contribution is -0.127. The molecule has 1 aliphatic rings. The number of benzene rings is 1. The molecule has 0 spiro atoms. The minimum atomic E-state index is -1.17. The molecule has 36 heavy (non-hydrogen) atoms. The first-order valence-corrected chi connectivity index (χ1v) is 12.0. The maximum Gasteiger partial charge on any atom is 0.252 e. The third-order valence-electron chi connectivity index (χ3n) is 6.92. The van der Waals surface area contributed by atoms with Gasteiger partial charge >= 0.3 is 0 Å². The molecule has 5 aromatic rings. The molecule has 0 bridgehead atoms. The van der Waals surface area contributed by atoms with Gasteiger partial charge in [-0.25, -0.2) is 9.67 Å². The number of amides is 1. The van der Waals surface area contributed by atoms with Crippen LogP contribution in [-0.2, 0) is 10.3 Å². The number of nitrogen functional groups attached to an aromatic ring is 1. The summed E-state index contributed by atoms with van der Waals surface area (Å²) in [6.45, 7) is 4.36. The lowest BCUT2D eigenvalue weighted by Gasteiger charge is -2.31. The first kappa shape index (κ1) is 22.2. The summed E-state index contributed by atoms with van der Waals surface area (Å²) in [7, 11) is 0. The minimum absolute atomic E-state index is 0.133. The Labute approximate surface area is 206 Å². The molecule has 1 aromatic carbocycles. The molecule has 0 aliphatic carbocycles. The highest BCUT2D eigenvalue weighted by atomic mass is 16.3. The second kappa shape index (κ2) is 8.76. The van der Waals surface area contributed by atoms with Crippen LogP contribution in [-0.4, -0.2) is 54.9 Å². The molecule has 0 radical (unpaired) electrons. The summed E-state index contributed by atoms with van der Waals surface area (Å²) in [5.41, 5.74) is 6.84. The summed E-state index contributed by atoms with van der Waals surface area (Å²) in [5, 5.41) is 16.3. The number of nitrogens with zero attached hydrogens (tertiary/aromatic N) is 6. The van der Waals surface area contributed by atoms with Gasteiger partial charge in [0.05, 0.1) is 17.8 Å². The molecule has 4 N–H and O–H groups in total. The van der Waals surface area contributed by atoms with Gasteiger partial charge in [0.2, 0.25) is 11.8 Å². The fourth-order valence-corrected chi connectivity index (χ4v) is 4.87. The molecule has 1 aliphatic heterocycles. The van der Waals surface area contributed by atoms with Gasteiger partial charge in [-0.15, -0.1) is 5.10 Å². The fraction of sp³-hybridized carbons (Fsp3) is 0.320. The molecule has 2 atom stereocenters. The first-order valence-electron chi connectivity index (χ1n) is 12.0. The van der Waals surface area contributed by atoms with Crippen LogP contribution >= 0.6 is 0 Å². The molecule has 5 heterocycles. The van der Waals surface area contributed by atoms with Crippen LogP contribution in [0.15, 0.2) is 59.3 Å². The summed E-state index contributed by atoms with van der Waals surface area (Å²) >= 11 is 0. The molecule has 11 nitrogen and oxygen atoms in total. The average Bonchev–Trinajstić information content (AvgIpc) is 3.67. The first-order chi connectivity index (χ1) is 17.6. The zero-order valence-electron chi connectivity index (χ0n) is 19.9. The van der Waals surface area contributed by atoms with Gasteiger partial charge in [0.1, 0.15) is 0 Å². The van der Waals surface area contributed by atoms with Crippen molar-refractivity contribution >= 4 is 28.5 Å². The van der Waals surface area contributed by atoms with Crippen molar-refractivity contribution in [3.8, 4) is 11.6 Å². The quantitative estimate of drug-likeness (QED) is 0.332. The van der Waals surface area contributed by atoms with Crippen LogP contribution in [0.5, 0.6) is 0 Å². The normalized spacial score (nSPS) is 17.9. The molecule has 0 saturated carbocycles. The van der Waals surface area contributed by atoms with E-state index in [4.69, 9.17) is 10.2 Å². The zero-order chi connectivity index (χ0) is 24.7. The Morgan fingerprint density at radius 2 is 2.08 bits per heavy atom. The third-order valence-corrected chi connectivity index (χ3v) is 6.92. The van der Waals surface area contributed by atoms with Crippen LogP contribution in [0, 0.1) is 5.92 Å². The van der Waals surface area contributed by atoms with E-state index in [1.54, 1.807) is 29.3 Å². The van der Waals surface area contributed by atoms with Crippen molar-refractivity contribution in [2.75, 3.05) is 25.4 Å². The Balaban J connectivity index is 1.46. The third kappa shape index (κ3) is 3.59. The molecule has 11 heteroatoms. The van der Waals surface area contributed by atoms with Crippen LogP contribution in [0.4, 0.5) is 5.95 Å². The topological polar surface area (TPSA) is 141 Å². The highest BCUT2D eigenvalue weighted by Gasteiger charge is 2.40. The van der Waals surface area contributed by atoms with E-state index in [-0.39, 0.29) is 11.9 Å². The number of rotatable bonds is 6. The van der Waals surface area contributed by atoms with E-state index < -0.39 is 5.54 Å². The number of carbonyl (C=O) groups is 1. The highest BCUT2D eigenvalue weighted by Crippen LogP contribution is 2.31. The standard InChI is InChI=1S/C25H27N9O2/c1-25(17-8-3-2-4-9-17,23(35)28-14-16-7-5-11-27-13-16)34-22-18(15-29-34)21-30-20(19-10-6-12-36-19)32-33(21)24(26)31-22/h2-4,6,8-10,12,15-16,27H,5,7,11,13-14H2,1H3,(H2,26,31)(H,28,35)/t16-,25?/m0/s1. The van der Waals surface area contributed by atoms with E-state index in [0.29, 0.717) is 40.7 Å². The van der Waals surface area contributed by atoms with E-state index in [2.05, 4.69) is 30.8 Å². The van der Waals surface area contributed by atoms with E-state index in [1.807, 2.05) is 37.3 Å². The number of anilines is 1. The average molecular weight is 486 g/mol. The number of carbonyl (C=O) groups excluding carboxylic acids is 1. The molecule has 6 rings (SSSR count). The molecular formula is C25H27N9O2. The second-order valence-electron chi connectivity index (χ2n) is 9.27. The van der Waals surface area contributed by atoms with Crippen molar-refractivity contribution in [2.45, 2.75) is 25.3 Å². The number of fused-ring (bicyclic) bond motifs is 3. The predicted octanol–water partition coefficient (Wildman–Crippen LogP) is 2.20. The van der Waals surface area contributed by atoms with Gasteiger partial charge in [-0.1, -0.05) is 30.3 Å². The van der Waals surface area contributed by atoms with E-state index in [0.717, 1.165) is 31.5 Å². The molecular weight excluding hydrogens is 458 g/mol. The van der Waals surface area contributed by atoms with Crippen LogP contribution in [0.3, 0.4) is 0 Å². The lowest BCUT2D eigenvalue weighted by atomic mass is 9.90. The van der Waals surface area contributed by atoms with Crippen LogP contribution in [0.2, 0.25) is 0 Å². The van der Waals surface area contributed by atoms with E-state index in [1.165, 1.54) is 4.52 Å². The minimum Gasteiger partial charge on any atom is -0.461 e. The smallest absolute Gasteiger partial charge is 0.252 e. The monoisotopic (exact) mass is 485 g/mol. The Morgan fingerprint density at radius 3 is 2.83 bits per heavy atom. The van der Waals surface area contributed by atoms with Gasteiger partial charge in [-0.3, -0.25) is 4.79 Å². The van der Waals surface area contributed by atoms with E-state index in [9.17, 15) is 4.79 Å². The number of hydrogen-bond acceptors (Lipinski definition) is 8. The second-order valence-corrected chi connectivity index (χ2v) is 9.27. The van der Waals surface area contributed by atoms with Crippen molar-refractivity contribution in [1.82, 2.24) is 40.0 Å². The Morgan fingerprint density at radius 1 is 1.22 bits per heavy atom. The van der Waals surface area contributed by atoms with Gasteiger partial charge in [-0.2, -0.15) is 14.6 Å². The zero-order valence-corrected chi connectivity index (χ0v) is 19.9. The number of nitrogens with one attached hydrogen (secondary N) is 2. The summed E-state index contributed by atoms with van der Waals surface area (Å²) < 4.78 is 8.54. The van der Waals surface area contributed by atoms with Crippen molar-refractivity contribution in [1.29, 1.82) is 0 Å². The van der Waals surface area contributed by atoms with Gasteiger partial charge in [0.15, 0.2) is 22.6 Å². The van der Waals surface area contributed by atoms with E-state index >= 15 is 0 Å². The van der Waals surface area contributed by atoms with Crippen molar-refractivity contribution in [3.05, 3.63) is 60.5 Å². The molecule has 1 fully saturated rings. The number of aromatic nitrogens is 6. The SMILES string of the molecule is CC(C(=O)NC[C@H]1CCCNC1)(c1ccccc1)n1ncc2c1nc(N)n1nc(-c3ccco3)nc21. The molecule has 184 valence electrons. The number of piperidine rings is 1. The Hall–Kier alpha value is -4.25.